The lowest BCUT2D eigenvalue weighted by atomic mass is 10.1. The van der Waals surface area contributed by atoms with Gasteiger partial charge in [-0.25, -0.2) is 0 Å². The Morgan fingerprint density at radius 1 is 1.24 bits per heavy atom. The normalized spacial score (nSPS) is 18.0. The first-order valence-electron chi connectivity index (χ1n) is 7.19. The van der Waals surface area contributed by atoms with Gasteiger partial charge < -0.3 is 4.90 Å². The Labute approximate surface area is 133 Å². The Morgan fingerprint density at radius 3 is 2.81 bits per heavy atom. The fraction of sp³-hybridized carbons (Fsp3) is 0.294. The van der Waals surface area contributed by atoms with Crippen LogP contribution in [0.5, 0.6) is 0 Å². The minimum absolute atomic E-state index is 0.126. The molecule has 1 aliphatic rings. The van der Waals surface area contributed by atoms with E-state index in [2.05, 4.69) is 20.9 Å². The van der Waals surface area contributed by atoms with Gasteiger partial charge in [0.05, 0.1) is 18.2 Å². The third-order valence-electron chi connectivity index (χ3n) is 3.90. The Hall–Kier alpha value is -1.68. The molecular weight excluding hydrogens is 328 g/mol. The predicted molar refractivity (Wildman–Crippen MR) is 85.8 cm³/mol. The summed E-state index contributed by atoms with van der Waals surface area (Å²) in [6.45, 7) is 0.824. The van der Waals surface area contributed by atoms with Gasteiger partial charge in [-0.1, -0.05) is 40.2 Å². The highest BCUT2D eigenvalue weighted by atomic mass is 79.9. The van der Waals surface area contributed by atoms with E-state index in [9.17, 15) is 4.79 Å². The van der Waals surface area contributed by atoms with Gasteiger partial charge in [0.15, 0.2) is 0 Å². The van der Waals surface area contributed by atoms with Crippen molar-refractivity contribution < 1.29 is 4.79 Å². The number of rotatable bonds is 3. The molecule has 1 fully saturated rings. The number of halogens is 1. The first-order chi connectivity index (χ1) is 10.3. The molecular formula is C17H17BrN2O. The van der Waals surface area contributed by atoms with Gasteiger partial charge in [0.1, 0.15) is 0 Å². The van der Waals surface area contributed by atoms with Crippen molar-refractivity contribution in [2.75, 3.05) is 6.54 Å². The molecule has 0 radical (unpaired) electrons. The number of carbonyl (C=O) groups excluding carboxylic acids is 1. The van der Waals surface area contributed by atoms with Crippen LogP contribution < -0.4 is 0 Å². The zero-order valence-corrected chi connectivity index (χ0v) is 13.3. The fourth-order valence-electron chi connectivity index (χ4n) is 2.85. The molecule has 3 nitrogen and oxygen atoms in total. The first-order valence-corrected chi connectivity index (χ1v) is 7.99. The summed E-state index contributed by atoms with van der Waals surface area (Å²) >= 11 is 3.51. The lowest BCUT2D eigenvalue weighted by Crippen LogP contribution is -2.32. The van der Waals surface area contributed by atoms with Crippen molar-refractivity contribution in [3.63, 3.8) is 0 Å². The number of aromatic nitrogens is 1. The van der Waals surface area contributed by atoms with Crippen molar-refractivity contribution in [2.24, 2.45) is 0 Å². The summed E-state index contributed by atoms with van der Waals surface area (Å²) in [7, 11) is 0. The quantitative estimate of drug-likeness (QED) is 0.849. The molecule has 1 saturated heterocycles. The van der Waals surface area contributed by atoms with Crippen LogP contribution in [-0.4, -0.2) is 22.3 Å². The lowest BCUT2D eigenvalue weighted by Gasteiger charge is -2.24. The molecule has 2 heterocycles. The number of hydrogen-bond donors (Lipinski definition) is 0. The molecule has 108 valence electrons. The second kappa shape index (κ2) is 6.39. The van der Waals surface area contributed by atoms with Crippen LogP contribution in [0.2, 0.25) is 0 Å². The highest BCUT2D eigenvalue weighted by Crippen LogP contribution is 2.31. The highest BCUT2D eigenvalue weighted by molar-refractivity contribution is 9.10. The molecule has 2 aromatic rings. The summed E-state index contributed by atoms with van der Waals surface area (Å²) < 4.78 is 0.993. The Balaban J connectivity index is 1.76. The first kappa shape index (κ1) is 14.3. The van der Waals surface area contributed by atoms with Crippen molar-refractivity contribution in [3.05, 3.63) is 64.4 Å². The van der Waals surface area contributed by atoms with Crippen molar-refractivity contribution in [3.8, 4) is 0 Å². The molecule has 1 aromatic heterocycles. The molecule has 3 rings (SSSR count). The zero-order valence-electron chi connectivity index (χ0n) is 11.7. The number of benzene rings is 1. The molecule has 4 heteroatoms. The number of hydrogen-bond acceptors (Lipinski definition) is 2. The van der Waals surface area contributed by atoms with Crippen LogP contribution in [0.4, 0.5) is 0 Å². The average molecular weight is 345 g/mol. The van der Waals surface area contributed by atoms with E-state index < -0.39 is 0 Å². The van der Waals surface area contributed by atoms with Crippen molar-refractivity contribution in [1.82, 2.24) is 9.88 Å². The molecule has 0 bridgehead atoms. The molecule has 0 aliphatic carbocycles. The zero-order chi connectivity index (χ0) is 14.7. The number of nitrogens with zero attached hydrogens (tertiary/aromatic N) is 2. The summed E-state index contributed by atoms with van der Waals surface area (Å²) in [5, 5.41) is 0. The molecule has 1 amide bonds. The predicted octanol–water partition coefficient (Wildman–Crippen LogP) is 3.75. The highest BCUT2D eigenvalue weighted by Gasteiger charge is 2.30. The van der Waals surface area contributed by atoms with Gasteiger partial charge >= 0.3 is 0 Å². The minimum atomic E-state index is 0.126. The summed E-state index contributed by atoms with van der Waals surface area (Å²) in [5.74, 6) is 0.176. The summed E-state index contributed by atoms with van der Waals surface area (Å²) in [6.07, 6.45) is 4.27. The number of likely N-dealkylation sites (tertiary alicyclic amines) is 1. The lowest BCUT2D eigenvalue weighted by molar-refractivity contribution is -0.131. The van der Waals surface area contributed by atoms with Gasteiger partial charge in [-0.15, -0.1) is 0 Å². The van der Waals surface area contributed by atoms with Crippen LogP contribution in [0.1, 0.15) is 30.1 Å². The maximum absolute atomic E-state index is 12.6. The van der Waals surface area contributed by atoms with Crippen LogP contribution in [0, 0.1) is 0 Å². The van der Waals surface area contributed by atoms with Crippen molar-refractivity contribution in [1.29, 1.82) is 0 Å². The maximum atomic E-state index is 12.6. The summed E-state index contributed by atoms with van der Waals surface area (Å²) in [4.78, 5) is 19.0. The molecule has 0 N–H and O–H groups in total. The van der Waals surface area contributed by atoms with E-state index in [0.29, 0.717) is 6.42 Å². The Kier molecular flexibility index (Phi) is 4.34. The monoisotopic (exact) mass is 344 g/mol. The van der Waals surface area contributed by atoms with Crippen LogP contribution in [0.3, 0.4) is 0 Å². The second-order valence-corrected chi connectivity index (χ2v) is 6.12. The van der Waals surface area contributed by atoms with Crippen LogP contribution >= 0.6 is 15.9 Å². The molecule has 0 saturated carbocycles. The van der Waals surface area contributed by atoms with Gasteiger partial charge in [-0.05, 0) is 36.6 Å². The van der Waals surface area contributed by atoms with Crippen LogP contribution in [0.25, 0.3) is 0 Å². The molecule has 1 aliphatic heterocycles. The van der Waals surface area contributed by atoms with Crippen molar-refractivity contribution in [2.45, 2.75) is 25.3 Å². The topological polar surface area (TPSA) is 33.2 Å². The van der Waals surface area contributed by atoms with Gasteiger partial charge in [0, 0.05) is 17.2 Å². The number of pyridine rings is 1. The number of carbonyl (C=O) groups is 1. The average Bonchev–Trinajstić information content (AvgIpc) is 3.00. The molecule has 0 spiro atoms. The van der Waals surface area contributed by atoms with E-state index in [1.807, 2.05) is 47.4 Å². The minimum Gasteiger partial charge on any atom is -0.334 e. The fourth-order valence-corrected chi connectivity index (χ4v) is 3.28. The van der Waals surface area contributed by atoms with Gasteiger partial charge in [0.25, 0.3) is 0 Å². The van der Waals surface area contributed by atoms with Crippen LogP contribution in [0.15, 0.2) is 53.1 Å². The molecule has 21 heavy (non-hydrogen) atoms. The molecule has 1 aromatic carbocycles. The third kappa shape index (κ3) is 3.16. The van der Waals surface area contributed by atoms with E-state index in [4.69, 9.17) is 0 Å². The summed E-state index contributed by atoms with van der Waals surface area (Å²) in [6, 6.07) is 13.9. The third-order valence-corrected chi connectivity index (χ3v) is 4.68. The van der Waals surface area contributed by atoms with E-state index >= 15 is 0 Å². The van der Waals surface area contributed by atoms with E-state index in [0.717, 1.165) is 35.1 Å². The molecule has 1 unspecified atom stereocenters. The van der Waals surface area contributed by atoms with Gasteiger partial charge in [-0.2, -0.15) is 0 Å². The largest absolute Gasteiger partial charge is 0.334 e. The van der Waals surface area contributed by atoms with Gasteiger partial charge in [0.2, 0.25) is 5.91 Å². The Bertz CT molecular complexity index is 630. The SMILES string of the molecule is O=C(Cc1ccccc1Br)N1CCCC1c1ccccn1. The number of amides is 1. The second-order valence-electron chi connectivity index (χ2n) is 5.27. The van der Waals surface area contributed by atoms with E-state index in [1.165, 1.54) is 0 Å². The van der Waals surface area contributed by atoms with Crippen LogP contribution in [-0.2, 0) is 11.2 Å². The van der Waals surface area contributed by atoms with Crippen molar-refractivity contribution >= 4 is 21.8 Å². The summed E-state index contributed by atoms with van der Waals surface area (Å²) in [5.41, 5.74) is 2.03. The standard InChI is InChI=1S/C17H17BrN2O/c18-14-7-2-1-6-13(14)12-17(21)20-11-5-9-16(20)15-8-3-4-10-19-15/h1-4,6-8,10,16H,5,9,11-12H2. The molecule has 1 atom stereocenters. The Morgan fingerprint density at radius 2 is 2.05 bits per heavy atom. The van der Waals surface area contributed by atoms with E-state index in [1.54, 1.807) is 6.20 Å². The van der Waals surface area contributed by atoms with Gasteiger partial charge in [-0.3, -0.25) is 9.78 Å². The smallest absolute Gasteiger partial charge is 0.227 e. The van der Waals surface area contributed by atoms with E-state index in [-0.39, 0.29) is 11.9 Å². The maximum Gasteiger partial charge on any atom is 0.227 e.